The number of fused-ring (bicyclic) bond motifs is 2. The fourth-order valence-corrected chi connectivity index (χ4v) is 4.36. The van der Waals surface area contributed by atoms with E-state index < -0.39 is 0 Å². The molecule has 2 heterocycles. The summed E-state index contributed by atoms with van der Waals surface area (Å²) in [6.45, 7) is 1.42. The highest BCUT2D eigenvalue weighted by atomic mass is 35.5. The van der Waals surface area contributed by atoms with E-state index in [2.05, 4.69) is 0 Å². The van der Waals surface area contributed by atoms with Crippen LogP contribution in [0.1, 0.15) is 48.8 Å². The lowest BCUT2D eigenvalue weighted by Crippen LogP contribution is -2.39. The minimum atomic E-state index is -0.255. The van der Waals surface area contributed by atoms with E-state index in [0.29, 0.717) is 13.2 Å². The Bertz CT molecular complexity index is 529. The maximum atomic E-state index is 6.80. The molecule has 4 heteroatoms. The van der Waals surface area contributed by atoms with Crippen molar-refractivity contribution in [2.75, 3.05) is 13.2 Å². The van der Waals surface area contributed by atoms with Crippen LogP contribution >= 0.6 is 11.6 Å². The Morgan fingerprint density at radius 3 is 2.30 bits per heavy atom. The molecule has 0 aromatic heterocycles. The van der Waals surface area contributed by atoms with Crippen molar-refractivity contribution in [3.8, 4) is 11.5 Å². The molecule has 108 valence electrons. The molecule has 0 saturated heterocycles. The Labute approximate surface area is 124 Å². The van der Waals surface area contributed by atoms with Crippen LogP contribution in [0.5, 0.6) is 11.5 Å². The van der Waals surface area contributed by atoms with E-state index in [1.807, 2.05) is 0 Å². The molecule has 1 saturated carbocycles. The number of ether oxygens (including phenoxy) is 2. The van der Waals surface area contributed by atoms with Crippen LogP contribution in [-0.4, -0.2) is 13.2 Å². The first kappa shape index (κ1) is 12.8. The Morgan fingerprint density at radius 1 is 0.900 bits per heavy atom. The zero-order valence-corrected chi connectivity index (χ0v) is 12.4. The largest absolute Gasteiger partial charge is 0.493 e. The van der Waals surface area contributed by atoms with Crippen molar-refractivity contribution in [3.63, 3.8) is 0 Å². The van der Waals surface area contributed by atoms with Gasteiger partial charge in [0.2, 0.25) is 0 Å². The van der Waals surface area contributed by atoms with Gasteiger partial charge in [-0.25, -0.2) is 0 Å². The third-order valence-corrected chi connectivity index (χ3v) is 5.38. The summed E-state index contributed by atoms with van der Waals surface area (Å²) in [7, 11) is 0. The molecular weight excluding hydrogens is 274 g/mol. The van der Waals surface area contributed by atoms with Gasteiger partial charge >= 0.3 is 0 Å². The Balaban J connectivity index is 1.95. The number of halogens is 1. The molecule has 2 aliphatic heterocycles. The summed E-state index contributed by atoms with van der Waals surface area (Å²) < 4.78 is 11.7. The molecule has 1 fully saturated rings. The van der Waals surface area contributed by atoms with Gasteiger partial charge in [0.1, 0.15) is 11.5 Å². The first-order valence-electron chi connectivity index (χ1n) is 7.63. The Morgan fingerprint density at radius 2 is 1.55 bits per heavy atom. The lowest BCUT2D eigenvalue weighted by atomic mass is 9.74. The van der Waals surface area contributed by atoms with Crippen LogP contribution < -0.4 is 15.2 Å². The van der Waals surface area contributed by atoms with E-state index >= 15 is 0 Å². The molecule has 20 heavy (non-hydrogen) atoms. The molecule has 2 N–H and O–H groups in total. The van der Waals surface area contributed by atoms with Crippen LogP contribution in [0.2, 0.25) is 5.02 Å². The second-order valence-corrected chi connectivity index (χ2v) is 6.60. The number of hydrogen-bond acceptors (Lipinski definition) is 3. The van der Waals surface area contributed by atoms with Gasteiger partial charge in [-0.1, -0.05) is 30.9 Å². The number of benzene rings is 1. The van der Waals surface area contributed by atoms with Crippen molar-refractivity contribution >= 4 is 11.6 Å². The van der Waals surface area contributed by atoms with Gasteiger partial charge in [-0.3, -0.25) is 0 Å². The summed E-state index contributed by atoms with van der Waals surface area (Å²) in [6.07, 6.45) is 7.53. The first-order chi connectivity index (χ1) is 9.71. The van der Waals surface area contributed by atoms with Gasteiger partial charge in [0.25, 0.3) is 0 Å². The fourth-order valence-electron chi connectivity index (χ4n) is 4.01. The van der Waals surface area contributed by atoms with Crippen molar-refractivity contribution in [2.45, 2.75) is 50.5 Å². The average molecular weight is 294 g/mol. The summed E-state index contributed by atoms with van der Waals surface area (Å²) >= 11 is 6.51. The minimum absolute atomic E-state index is 0.255. The van der Waals surface area contributed by atoms with E-state index in [4.69, 9.17) is 26.8 Å². The monoisotopic (exact) mass is 293 g/mol. The summed E-state index contributed by atoms with van der Waals surface area (Å²) in [5.74, 6) is 1.85. The normalized spacial score (nSPS) is 22.9. The molecule has 0 unspecified atom stereocenters. The third-order valence-electron chi connectivity index (χ3n) is 4.98. The summed E-state index contributed by atoms with van der Waals surface area (Å²) in [5.41, 5.74) is 10.1. The maximum Gasteiger partial charge on any atom is 0.142 e. The van der Waals surface area contributed by atoms with Crippen molar-refractivity contribution in [2.24, 2.45) is 5.73 Å². The van der Waals surface area contributed by atoms with E-state index in [-0.39, 0.29) is 5.54 Å². The average Bonchev–Trinajstić information content (AvgIpc) is 3.08. The molecule has 3 nitrogen and oxygen atoms in total. The molecule has 1 aliphatic carbocycles. The second kappa shape index (κ2) is 4.54. The van der Waals surface area contributed by atoms with Crippen molar-refractivity contribution in [1.29, 1.82) is 0 Å². The molecule has 0 spiro atoms. The van der Waals surface area contributed by atoms with Gasteiger partial charge in [0, 0.05) is 35.1 Å². The van der Waals surface area contributed by atoms with Crippen molar-refractivity contribution in [1.82, 2.24) is 0 Å². The third kappa shape index (κ3) is 1.69. The zero-order valence-electron chi connectivity index (χ0n) is 11.6. The summed E-state index contributed by atoms with van der Waals surface area (Å²) in [4.78, 5) is 0. The number of nitrogens with two attached hydrogens (primary N) is 1. The van der Waals surface area contributed by atoms with Crippen LogP contribution in [0, 0.1) is 0 Å². The van der Waals surface area contributed by atoms with Crippen LogP contribution in [0.15, 0.2) is 0 Å². The highest BCUT2D eigenvalue weighted by Gasteiger charge is 2.40. The molecule has 1 aromatic rings. The zero-order chi connectivity index (χ0) is 13.7. The molecule has 0 atom stereocenters. The maximum absolute atomic E-state index is 6.80. The van der Waals surface area contributed by atoms with Gasteiger partial charge < -0.3 is 15.2 Å². The smallest absolute Gasteiger partial charge is 0.142 e. The highest BCUT2D eigenvalue weighted by Crippen LogP contribution is 2.52. The second-order valence-electron chi connectivity index (χ2n) is 6.22. The predicted octanol–water partition coefficient (Wildman–Crippen LogP) is 3.33. The van der Waals surface area contributed by atoms with E-state index in [1.165, 1.54) is 30.4 Å². The molecule has 0 bridgehead atoms. The SMILES string of the molecule is NC1(c2c3c(c(Cl)c4c2OCC4)OCC3)CCCCC1. The summed E-state index contributed by atoms with van der Waals surface area (Å²) in [5, 5.41) is 0.758. The van der Waals surface area contributed by atoms with E-state index in [9.17, 15) is 0 Å². The molecule has 4 rings (SSSR count). The number of rotatable bonds is 1. The minimum Gasteiger partial charge on any atom is -0.493 e. The molecule has 0 radical (unpaired) electrons. The Hall–Kier alpha value is -0.930. The van der Waals surface area contributed by atoms with Gasteiger partial charge in [-0.15, -0.1) is 0 Å². The van der Waals surface area contributed by atoms with Gasteiger partial charge in [-0.05, 0) is 12.8 Å². The van der Waals surface area contributed by atoms with Crippen LogP contribution in [-0.2, 0) is 18.4 Å². The lowest BCUT2D eigenvalue weighted by Gasteiger charge is -2.36. The first-order valence-corrected chi connectivity index (χ1v) is 8.01. The van der Waals surface area contributed by atoms with E-state index in [0.717, 1.165) is 47.8 Å². The number of hydrogen-bond donors (Lipinski definition) is 1. The lowest BCUT2D eigenvalue weighted by molar-refractivity contribution is 0.282. The van der Waals surface area contributed by atoms with Crippen LogP contribution in [0.4, 0.5) is 0 Å². The molecule has 0 amide bonds. The fraction of sp³-hybridized carbons (Fsp3) is 0.625. The molecule has 3 aliphatic rings. The summed E-state index contributed by atoms with van der Waals surface area (Å²) in [6, 6.07) is 0. The standard InChI is InChI=1S/C16H20ClNO2/c17-13-11-5-9-19-14(11)12(10-4-8-20-15(10)13)16(18)6-2-1-3-7-16/h1-9,18H2. The highest BCUT2D eigenvalue weighted by molar-refractivity contribution is 6.33. The molecular formula is C16H20ClNO2. The van der Waals surface area contributed by atoms with Crippen LogP contribution in [0.25, 0.3) is 0 Å². The van der Waals surface area contributed by atoms with Gasteiger partial charge in [0.05, 0.1) is 18.2 Å². The van der Waals surface area contributed by atoms with E-state index in [1.54, 1.807) is 0 Å². The van der Waals surface area contributed by atoms with Crippen LogP contribution in [0.3, 0.4) is 0 Å². The predicted molar refractivity (Wildman–Crippen MR) is 78.8 cm³/mol. The topological polar surface area (TPSA) is 44.5 Å². The van der Waals surface area contributed by atoms with Crippen molar-refractivity contribution in [3.05, 3.63) is 21.7 Å². The van der Waals surface area contributed by atoms with Gasteiger partial charge in [-0.2, -0.15) is 0 Å². The molecule has 1 aromatic carbocycles. The van der Waals surface area contributed by atoms with Crippen molar-refractivity contribution < 1.29 is 9.47 Å². The quantitative estimate of drug-likeness (QED) is 0.864. The van der Waals surface area contributed by atoms with Gasteiger partial charge in [0.15, 0.2) is 0 Å². The Kier molecular flexibility index (Phi) is 2.90.